The summed E-state index contributed by atoms with van der Waals surface area (Å²) in [5.41, 5.74) is 2.64. The van der Waals surface area contributed by atoms with Crippen molar-refractivity contribution in [1.29, 1.82) is 0 Å². The number of hydrogen-bond acceptors (Lipinski definition) is 4. The first-order valence-corrected chi connectivity index (χ1v) is 6.90. The number of pyridine rings is 1. The van der Waals surface area contributed by atoms with E-state index in [4.69, 9.17) is 4.74 Å². The van der Waals surface area contributed by atoms with Crippen molar-refractivity contribution >= 4 is 17.5 Å². The lowest BCUT2D eigenvalue weighted by molar-refractivity contribution is 0.168. The van der Waals surface area contributed by atoms with Crippen LogP contribution in [0.25, 0.3) is 0 Å². The molecule has 0 radical (unpaired) electrons. The van der Waals surface area contributed by atoms with Gasteiger partial charge in [0.2, 0.25) is 0 Å². The predicted octanol–water partition coefficient (Wildman–Crippen LogP) is 3.82. The number of carbonyl (C=O) groups excluding carboxylic acids is 1. The number of nitrogens with zero attached hydrogens (tertiary/aromatic N) is 1. The van der Waals surface area contributed by atoms with E-state index in [-0.39, 0.29) is 6.04 Å². The van der Waals surface area contributed by atoms with Gasteiger partial charge in [-0.25, -0.2) is 4.79 Å². The summed E-state index contributed by atoms with van der Waals surface area (Å²) in [7, 11) is 0. The van der Waals surface area contributed by atoms with Crippen LogP contribution in [0.4, 0.5) is 16.2 Å². The third kappa shape index (κ3) is 4.49. The number of hydrogen-bond donors (Lipinski definition) is 2. The molecule has 0 aliphatic rings. The number of nitrogens with one attached hydrogen (secondary N) is 2. The van der Waals surface area contributed by atoms with E-state index in [0.717, 1.165) is 11.4 Å². The van der Waals surface area contributed by atoms with Gasteiger partial charge >= 0.3 is 6.09 Å². The first-order chi connectivity index (χ1) is 10.2. The molecule has 2 aromatic rings. The molecule has 0 bridgehead atoms. The topological polar surface area (TPSA) is 63.2 Å². The molecule has 2 N–H and O–H groups in total. The summed E-state index contributed by atoms with van der Waals surface area (Å²) in [6, 6.07) is 13.4. The molecule has 0 unspecified atom stereocenters. The van der Waals surface area contributed by atoms with Gasteiger partial charge < -0.3 is 10.1 Å². The lowest BCUT2D eigenvalue weighted by Crippen LogP contribution is -2.13. The van der Waals surface area contributed by atoms with Crippen LogP contribution in [0.5, 0.6) is 0 Å². The summed E-state index contributed by atoms with van der Waals surface area (Å²) >= 11 is 0. The number of amides is 1. The van der Waals surface area contributed by atoms with Gasteiger partial charge in [-0.2, -0.15) is 0 Å². The highest BCUT2D eigenvalue weighted by molar-refractivity contribution is 5.84. The van der Waals surface area contributed by atoms with Gasteiger partial charge in [-0.1, -0.05) is 6.07 Å². The van der Waals surface area contributed by atoms with E-state index in [1.807, 2.05) is 49.4 Å². The number of carbonyl (C=O) groups is 1. The van der Waals surface area contributed by atoms with Gasteiger partial charge in [-0.05, 0) is 50.2 Å². The number of aromatic nitrogens is 1. The molecule has 0 saturated carbocycles. The van der Waals surface area contributed by atoms with E-state index in [1.54, 1.807) is 13.1 Å². The summed E-state index contributed by atoms with van der Waals surface area (Å²) in [5, 5.41) is 6.01. The highest BCUT2D eigenvalue weighted by Gasteiger charge is 2.06. The maximum Gasteiger partial charge on any atom is 0.411 e. The molecule has 21 heavy (non-hydrogen) atoms. The molecule has 1 heterocycles. The Morgan fingerprint density at radius 3 is 2.52 bits per heavy atom. The molecule has 1 atom stereocenters. The van der Waals surface area contributed by atoms with Gasteiger partial charge in [0.05, 0.1) is 18.3 Å². The van der Waals surface area contributed by atoms with E-state index in [2.05, 4.69) is 15.6 Å². The van der Waals surface area contributed by atoms with Crippen molar-refractivity contribution in [2.45, 2.75) is 19.9 Å². The summed E-state index contributed by atoms with van der Waals surface area (Å²) in [6.07, 6.45) is 1.33. The monoisotopic (exact) mass is 285 g/mol. The van der Waals surface area contributed by atoms with Crippen molar-refractivity contribution < 1.29 is 9.53 Å². The smallest absolute Gasteiger partial charge is 0.411 e. The molecule has 0 fully saturated rings. The lowest BCUT2D eigenvalue weighted by atomic mass is 10.2. The van der Waals surface area contributed by atoms with Crippen molar-refractivity contribution in [1.82, 2.24) is 4.98 Å². The summed E-state index contributed by atoms with van der Waals surface area (Å²) in [4.78, 5) is 15.6. The third-order valence-corrected chi connectivity index (χ3v) is 2.92. The lowest BCUT2D eigenvalue weighted by Gasteiger charge is -2.15. The number of anilines is 2. The minimum absolute atomic E-state index is 0.107. The zero-order valence-electron chi connectivity index (χ0n) is 12.2. The van der Waals surface area contributed by atoms with Crippen LogP contribution in [0.3, 0.4) is 0 Å². The van der Waals surface area contributed by atoms with Gasteiger partial charge in [-0.3, -0.25) is 10.3 Å². The Morgan fingerprint density at radius 1 is 1.19 bits per heavy atom. The number of benzene rings is 1. The quantitative estimate of drug-likeness (QED) is 0.876. The minimum Gasteiger partial charge on any atom is -0.450 e. The summed E-state index contributed by atoms with van der Waals surface area (Å²) in [6.45, 7) is 4.17. The molecule has 2 rings (SSSR count). The van der Waals surface area contributed by atoms with Crippen LogP contribution >= 0.6 is 0 Å². The number of ether oxygens (including phenoxy) is 1. The molecule has 1 aromatic carbocycles. The highest BCUT2D eigenvalue weighted by atomic mass is 16.5. The van der Waals surface area contributed by atoms with Crippen molar-refractivity contribution in [3.05, 3.63) is 54.4 Å². The summed E-state index contributed by atoms with van der Waals surface area (Å²) < 4.78 is 4.82. The van der Waals surface area contributed by atoms with Crippen molar-refractivity contribution in [3.63, 3.8) is 0 Å². The Bertz CT molecular complexity index is 570. The Labute approximate surface area is 124 Å². The normalized spacial score (nSPS) is 11.5. The second-order valence-corrected chi connectivity index (χ2v) is 4.54. The summed E-state index contributed by atoms with van der Waals surface area (Å²) in [5.74, 6) is 0. The number of rotatable bonds is 5. The Kier molecular flexibility index (Phi) is 5.15. The highest BCUT2D eigenvalue weighted by Crippen LogP contribution is 2.19. The molecule has 5 heteroatoms. The average molecular weight is 285 g/mol. The van der Waals surface area contributed by atoms with Crippen molar-refractivity contribution in [2.24, 2.45) is 0 Å². The zero-order valence-corrected chi connectivity index (χ0v) is 12.2. The van der Waals surface area contributed by atoms with Crippen LogP contribution in [0.1, 0.15) is 25.6 Å². The fourth-order valence-corrected chi connectivity index (χ4v) is 1.89. The Morgan fingerprint density at radius 2 is 1.90 bits per heavy atom. The van der Waals surface area contributed by atoms with Crippen LogP contribution in [0.15, 0.2) is 48.7 Å². The van der Waals surface area contributed by atoms with Gasteiger partial charge in [0, 0.05) is 17.6 Å². The third-order valence-electron chi connectivity index (χ3n) is 2.92. The van der Waals surface area contributed by atoms with Crippen LogP contribution in [0.2, 0.25) is 0 Å². The van der Waals surface area contributed by atoms with E-state index < -0.39 is 6.09 Å². The standard InChI is InChI=1S/C16H19N3O2/c1-3-21-16(20)19-14-9-7-13(8-10-14)18-12(2)15-6-4-5-11-17-15/h4-12,18H,3H2,1-2H3,(H,19,20)/t12-/m1/s1. The molecule has 0 aliphatic heterocycles. The molecule has 1 aromatic heterocycles. The zero-order chi connectivity index (χ0) is 15.1. The second-order valence-electron chi connectivity index (χ2n) is 4.54. The molecule has 0 aliphatic carbocycles. The van der Waals surface area contributed by atoms with E-state index in [1.165, 1.54) is 0 Å². The predicted molar refractivity (Wildman–Crippen MR) is 83.4 cm³/mol. The fraction of sp³-hybridized carbons (Fsp3) is 0.250. The van der Waals surface area contributed by atoms with E-state index >= 15 is 0 Å². The molecule has 110 valence electrons. The molecule has 1 amide bonds. The first-order valence-electron chi connectivity index (χ1n) is 6.90. The van der Waals surface area contributed by atoms with Crippen LogP contribution < -0.4 is 10.6 Å². The van der Waals surface area contributed by atoms with Gasteiger partial charge in [0.15, 0.2) is 0 Å². The largest absolute Gasteiger partial charge is 0.450 e. The maximum atomic E-state index is 11.3. The molecule has 5 nitrogen and oxygen atoms in total. The van der Waals surface area contributed by atoms with Crippen LogP contribution in [-0.2, 0) is 4.74 Å². The van der Waals surface area contributed by atoms with Gasteiger partial charge in [0.1, 0.15) is 0 Å². The minimum atomic E-state index is -0.444. The molecule has 0 spiro atoms. The maximum absolute atomic E-state index is 11.3. The second kappa shape index (κ2) is 7.28. The van der Waals surface area contributed by atoms with Crippen LogP contribution in [0, 0.1) is 0 Å². The van der Waals surface area contributed by atoms with Gasteiger partial charge in [-0.15, -0.1) is 0 Å². The molecular formula is C16H19N3O2. The molecule has 0 saturated heterocycles. The first kappa shape index (κ1) is 14.8. The average Bonchev–Trinajstić information content (AvgIpc) is 2.50. The van der Waals surface area contributed by atoms with E-state index in [9.17, 15) is 4.79 Å². The van der Waals surface area contributed by atoms with Crippen LogP contribution in [-0.4, -0.2) is 17.7 Å². The van der Waals surface area contributed by atoms with Crippen molar-refractivity contribution in [2.75, 3.05) is 17.2 Å². The molecular weight excluding hydrogens is 266 g/mol. The Hall–Kier alpha value is -2.56. The van der Waals surface area contributed by atoms with E-state index in [0.29, 0.717) is 12.3 Å². The Balaban J connectivity index is 1.95. The SMILES string of the molecule is CCOC(=O)Nc1ccc(N[C@H](C)c2ccccn2)cc1. The van der Waals surface area contributed by atoms with Gasteiger partial charge in [0.25, 0.3) is 0 Å². The van der Waals surface area contributed by atoms with Crippen molar-refractivity contribution in [3.8, 4) is 0 Å². The fourth-order valence-electron chi connectivity index (χ4n) is 1.89.